The van der Waals surface area contributed by atoms with Crippen molar-refractivity contribution in [3.63, 3.8) is 0 Å². The summed E-state index contributed by atoms with van der Waals surface area (Å²) in [5, 5.41) is 5.71. The second kappa shape index (κ2) is 8.29. The van der Waals surface area contributed by atoms with Gasteiger partial charge in [-0.15, -0.1) is 11.3 Å². The van der Waals surface area contributed by atoms with Gasteiger partial charge in [-0.25, -0.2) is 4.98 Å². The minimum absolute atomic E-state index is 0.0304. The summed E-state index contributed by atoms with van der Waals surface area (Å²) < 4.78 is 5.58. The molecule has 26 heavy (non-hydrogen) atoms. The van der Waals surface area contributed by atoms with E-state index in [0.29, 0.717) is 6.54 Å². The van der Waals surface area contributed by atoms with Gasteiger partial charge in [0.1, 0.15) is 5.76 Å². The summed E-state index contributed by atoms with van der Waals surface area (Å²) >= 11 is 1.49. The van der Waals surface area contributed by atoms with Crippen LogP contribution in [0.5, 0.6) is 0 Å². The van der Waals surface area contributed by atoms with Crippen LogP contribution in [-0.2, 0) is 24.3 Å². The van der Waals surface area contributed by atoms with E-state index in [1.165, 1.54) is 16.9 Å². The van der Waals surface area contributed by atoms with E-state index in [4.69, 9.17) is 4.42 Å². The molecule has 0 atom stereocenters. The summed E-state index contributed by atoms with van der Waals surface area (Å²) in [5.74, 6) is 1.57. The Morgan fingerprint density at radius 3 is 2.65 bits per heavy atom. The number of amides is 1. The Kier molecular flexibility index (Phi) is 5.85. The number of hydrogen-bond acceptors (Lipinski definition) is 5. The molecule has 0 aliphatic heterocycles. The molecule has 6 heteroatoms. The van der Waals surface area contributed by atoms with Crippen LogP contribution < -0.4 is 5.32 Å². The fourth-order valence-electron chi connectivity index (χ4n) is 2.70. The van der Waals surface area contributed by atoms with E-state index in [2.05, 4.69) is 27.3 Å². The van der Waals surface area contributed by atoms with Gasteiger partial charge in [-0.3, -0.25) is 4.79 Å². The van der Waals surface area contributed by atoms with E-state index < -0.39 is 0 Å². The van der Waals surface area contributed by atoms with Crippen molar-refractivity contribution in [3.05, 3.63) is 64.4 Å². The number of rotatable bonds is 7. The highest BCUT2D eigenvalue weighted by atomic mass is 32.1. The summed E-state index contributed by atoms with van der Waals surface area (Å²) in [7, 11) is 4.07. The second-order valence-corrected chi connectivity index (χ2v) is 7.37. The van der Waals surface area contributed by atoms with Crippen molar-refractivity contribution >= 4 is 17.2 Å². The molecule has 0 unspecified atom stereocenters. The lowest BCUT2D eigenvalue weighted by atomic mass is 10.1. The molecule has 0 fully saturated rings. The Hall–Kier alpha value is -2.44. The van der Waals surface area contributed by atoms with Gasteiger partial charge in [-0.1, -0.05) is 24.3 Å². The summed E-state index contributed by atoms with van der Waals surface area (Å²) in [6, 6.07) is 12.0. The van der Waals surface area contributed by atoms with E-state index in [-0.39, 0.29) is 12.3 Å². The standard InChI is InChI=1S/C20H23N3O2S/c1-14-8-9-18(25-14)20-22-17(13-26-20)10-19(24)21-11-15-6-4-5-7-16(15)12-23(2)3/h4-9,13H,10-12H2,1-3H3,(H,21,24). The van der Waals surface area contributed by atoms with E-state index in [1.54, 1.807) is 0 Å². The van der Waals surface area contributed by atoms with E-state index in [9.17, 15) is 4.79 Å². The predicted molar refractivity (Wildman–Crippen MR) is 104 cm³/mol. The van der Waals surface area contributed by atoms with E-state index in [1.807, 2.05) is 50.7 Å². The van der Waals surface area contributed by atoms with Crippen LogP contribution in [0, 0.1) is 6.92 Å². The third kappa shape index (κ3) is 4.80. The van der Waals surface area contributed by atoms with Crippen molar-refractivity contribution in [2.75, 3.05) is 14.1 Å². The Labute approximate surface area is 157 Å². The Morgan fingerprint density at radius 1 is 1.19 bits per heavy atom. The second-order valence-electron chi connectivity index (χ2n) is 6.51. The highest BCUT2D eigenvalue weighted by Gasteiger charge is 2.12. The molecule has 3 rings (SSSR count). The third-order valence-corrected chi connectivity index (χ3v) is 4.83. The Morgan fingerprint density at radius 2 is 1.96 bits per heavy atom. The molecular weight excluding hydrogens is 346 g/mol. The van der Waals surface area contributed by atoms with Crippen LogP contribution >= 0.6 is 11.3 Å². The molecule has 0 saturated heterocycles. The van der Waals surface area contributed by atoms with Crippen LogP contribution in [0.1, 0.15) is 22.6 Å². The number of carbonyl (C=O) groups is 1. The molecule has 2 heterocycles. The minimum atomic E-state index is -0.0304. The van der Waals surface area contributed by atoms with Gasteiger partial charge < -0.3 is 14.6 Å². The molecular formula is C20H23N3O2S. The van der Waals surface area contributed by atoms with Crippen molar-refractivity contribution in [1.29, 1.82) is 0 Å². The molecule has 136 valence electrons. The predicted octanol–water partition coefficient (Wildman–Crippen LogP) is 3.63. The number of aromatic nitrogens is 1. The minimum Gasteiger partial charge on any atom is -0.459 e. The zero-order valence-corrected chi connectivity index (χ0v) is 16.1. The maximum absolute atomic E-state index is 12.3. The van der Waals surface area contributed by atoms with Crippen molar-refractivity contribution in [2.45, 2.75) is 26.4 Å². The number of nitrogens with one attached hydrogen (secondary N) is 1. The molecule has 1 N–H and O–H groups in total. The fraction of sp³-hybridized carbons (Fsp3) is 0.300. The van der Waals surface area contributed by atoms with E-state index in [0.717, 1.165) is 34.3 Å². The number of benzene rings is 1. The smallest absolute Gasteiger partial charge is 0.226 e. The number of furan rings is 1. The monoisotopic (exact) mass is 369 g/mol. The first kappa shape index (κ1) is 18.4. The lowest BCUT2D eigenvalue weighted by Gasteiger charge is -2.14. The maximum Gasteiger partial charge on any atom is 0.226 e. The molecule has 5 nitrogen and oxygen atoms in total. The Balaban J connectivity index is 1.58. The van der Waals surface area contributed by atoms with Crippen molar-refractivity contribution in [1.82, 2.24) is 15.2 Å². The largest absolute Gasteiger partial charge is 0.459 e. The third-order valence-electron chi connectivity index (χ3n) is 3.93. The van der Waals surface area contributed by atoms with E-state index >= 15 is 0 Å². The van der Waals surface area contributed by atoms with Gasteiger partial charge in [0.25, 0.3) is 0 Å². The molecule has 3 aromatic rings. The molecule has 0 radical (unpaired) electrons. The first-order chi connectivity index (χ1) is 12.5. The molecule has 0 aliphatic carbocycles. The van der Waals surface area contributed by atoms with Gasteiger partial charge in [0.15, 0.2) is 10.8 Å². The number of thiazole rings is 1. The summed E-state index contributed by atoms with van der Waals surface area (Å²) in [5.41, 5.74) is 3.12. The quantitative estimate of drug-likeness (QED) is 0.691. The first-order valence-electron chi connectivity index (χ1n) is 8.50. The molecule has 0 saturated carbocycles. The zero-order valence-electron chi connectivity index (χ0n) is 15.3. The maximum atomic E-state index is 12.3. The summed E-state index contributed by atoms with van der Waals surface area (Å²) in [6.07, 6.45) is 0.270. The molecule has 1 aromatic carbocycles. The lowest BCUT2D eigenvalue weighted by molar-refractivity contribution is -0.120. The molecule has 0 bridgehead atoms. The zero-order chi connectivity index (χ0) is 18.5. The van der Waals surface area contributed by atoms with Crippen molar-refractivity contribution < 1.29 is 9.21 Å². The van der Waals surface area contributed by atoms with Gasteiger partial charge in [-0.2, -0.15) is 0 Å². The van der Waals surface area contributed by atoms with Crippen LogP contribution in [0.3, 0.4) is 0 Å². The van der Waals surface area contributed by atoms with Gasteiger partial charge in [0.05, 0.1) is 12.1 Å². The number of aryl methyl sites for hydroxylation is 1. The summed E-state index contributed by atoms with van der Waals surface area (Å²) in [4.78, 5) is 18.9. The number of hydrogen-bond donors (Lipinski definition) is 1. The molecule has 0 aliphatic rings. The SMILES string of the molecule is Cc1ccc(-c2nc(CC(=O)NCc3ccccc3CN(C)C)cs2)o1. The van der Waals surface area contributed by atoms with Gasteiger partial charge >= 0.3 is 0 Å². The highest BCUT2D eigenvalue weighted by Crippen LogP contribution is 2.25. The number of nitrogens with zero attached hydrogens (tertiary/aromatic N) is 2. The normalized spacial score (nSPS) is 11.1. The van der Waals surface area contributed by atoms with Crippen LogP contribution in [0.25, 0.3) is 10.8 Å². The topological polar surface area (TPSA) is 58.4 Å². The van der Waals surface area contributed by atoms with Crippen molar-refractivity contribution in [2.24, 2.45) is 0 Å². The molecule has 2 aromatic heterocycles. The average molecular weight is 369 g/mol. The summed E-state index contributed by atoms with van der Waals surface area (Å²) in [6.45, 7) is 3.28. The highest BCUT2D eigenvalue weighted by molar-refractivity contribution is 7.13. The Bertz CT molecular complexity index is 883. The van der Waals surface area contributed by atoms with Crippen LogP contribution in [-0.4, -0.2) is 29.9 Å². The van der Waals surface area contributed by atoms with Gasteiger partial charge in [-0.05, 0) is 44.3 Å². The average Bonchev–Trinajstić information content (AvgIpc) is 3.22. The van der Waals surface area contributed by atoms with Gasteiger partial charge in [0.2, 0.25) is 5.91 Å². The van der Waals surface area contributed by atoms with Crippen molar-refractivity contribution in [3.8, 4) is 10.8 Å². The lowest BCUT2D eigenvalue weighted by Crippen LogP contribution is -2.25. The molecule has 0 spiro atoms. The number of carbonyl (C=O) groups excluding carboxylic acids is 1. The van der Waals surface area contributed by atoms with Gasteiger partial charge in [0, 0.05) is 18.5 Å². The first-order valence-corrected chi connectivity index (χ1v) is 9.38. The van der Waals surface area contributed by atoms with Crippen LogP contribution in [0.2, 0.25) is 0 Å². The van der Waals surface area contributed by atoms with Crippen LogP contribution in [0.15, 0.2) is 46.2 Å². The fourth-order valence-corrected chi connectivity index (χ4v) is 3.48. The molecule has 1 amide bonds. The van der Waals surface area contributed by atoms with Crippen LogP contribution in [0.4, 0.5) is 0 Å².